The molecule has 2 rings (SSSR count). The maximum absolute atomic E-state index is 5.99. The van der Waals surface area contributed by atoms with E-state index >= 15 is 0 Å². The fraction of sp³-hybridized carbons (Fsp3) is 0.100. The Morgan fingerprint density at radius 3 is 2.19 bits per heavy atom. The highest BCUT2D eigenvalue weighted by molar-refractivity contribution is 6.29. The monoisotopic (exact) mass is 279 g/mol. The molecule has 1 aromatic carbocycles. The zero-order valence-electron chi connectivity index (χ0n) is 8.55. The van der Waals surface area contributed by atoms with Crippen LogP contribution in [0.5, 0.6) is 0 Å². The molecule has 2 aromatic rings. The third-order valence-corrected chi connectivity index (χ3v) is 2.19. The lowest BCUT2D eigenvalue weighted by atomic mass is 10.3. The van der Waals surface area contributed by atoms with E-state index in [2.05, 4.69) is 5.10 Å². The Balaban J connectivity index is 0.00000112. The summed E-state index contributed by atoms with van der Waals surface area (Å²) in [6.45, 7) is 1.90. The first-order valence-electron chi connectivity index (χ1n) is 4.25. The smallest absolute Gasteiger partial charge is 0.133 e. The van der Waals surface area contributed by atoms with Crippen molar-refractivity contribution >= 4 is 42.1 Å². The molecule has 0 saturated carbocycles. The van der Waals surface area contributed by atoms with Gasteiger partial charge in [0.1, 0.15) is 5.15 Å². The largest absolute Gasteiger partial charge is 0.399 e. The van der Waals surface area contributed by atoms with E-state index in [1.165, 1.54) is 0 Å². The molecule has 0 aliphatic carbocycles. The first kappa shape index (κ1) is 15.1. The standard InChI is InChI=1S/C10H10ClN3.2ClH/c1-7-6-10(11)14(13-7)9-4-2-8(12)3-5-9;;/h2-6H,12H2,1H3;2*1H. The van der Waals surface area contributed by atoms with Gasteiger partial charge in [0.05, 0.1) is 11.4 Å². The number of nitrogens with zero attached hydrogens (tertiary/aromatic N) is 2. The first-order chi connectivity index (χ1) is 6.66. The number of aryl methyl sites for hydroxylation is 1. The molecule has 0 fully saturated rings. The van der Waals surface area contributed by atoms with E-state index in [4.69, 9.17) is 17.3 Å². The fourth-order valence-electron chi connectivity index (χ4n) is 1.26. The topological polar surface area (TPSA) is 43.8 Å². The maximum atomic E-state index is 5.99. The quantitative estimate of drug-likeness (QED) is 0.815. The Bertz CT molecular complexity index is 451. The average molecular weight is 281 g/mol. The van der Waals surface area contributed by atoms with Crippen LogP contribution in [0.3, 0.4) is 0 Å². The molecule has 0 aliphatic heterocycles. The zero-order valence-corrected chi connectivity index (χ0v) is 10.9. The summed E-state index contributed by atoms with van der Waals surface area (Å²) in [4.78, 5) is 0. The molecule has 0 spiro atoms. The number of halogens is 3. The van der Waals surface area contributed by atoms with Crippen molar-refractivity contribution in [3.05, 3.63) is 41.2 Å². The van der Waals surface area contributed by atoms with E-state index in [1.807, 2.05) is 37.3 Å². The SMILES string of the molecule is Cc1cc(Cl)n(-c2ccc(N)cc2)n1.Cl.Cl. The summed E-state index contributed by atoms with van der Waals surface area (Å²) in [6, 6.07) is 9.23. The van der Waals surface area contributed by atoms with Crippen molar-refractivity contribution in [1.82, 2.24) is 9.78 Å². The molecular weight excluding hydrogens is 268 g/mol. The molecule has 1 aromatic heterocycles. The van der Waals surface area contributed by atoms with Crippen LogP contribution in [0.4, 0.5) is 5.69 Å². The number of aromatic nitrogens is 2. The highest BCUT2D eigenvalue weighted by atomic mass is 35.5. The molecular formula is C10H12Cl3N3. The molecule has 0 saturated heterocycles. The Hall–Kier alpha value is -0.900. The van der Waals surface area contributed by atoms with Gasteiger partial charge in [-0.25, -0.2) is 4.68 Å². The molecule has 0 atom stereocenters. The highest BCUT2D eigenvalue weighted by Gasteiger charge is 2.03. The third-order valence-electron chi connectivity index (χ3n) is 1.93. The van der Waals surface area contributed by atoms with Gasteiger partial charge >= 0.3 is 0 Å². The van der Waals surface area contributed by atoms with E-state index in [1.54, 1.807) is 4.68 Å². The van der Waals surface area contributed by atoms with Crippen molar-refractivity contribution in [2.75, 3.05) is 5.73 Å². The highest BCUT2D eigenvalue weighted by Crippen LogP contribution is 2.17. The number of rotatable bonds is 1. The Morgan fingerprint density at radius 2 is 1.75 bits per heavy atom. The van der Waals surface area contributed by atoms with Crippen molar-refractivity contribution in [3.8, 4) is 5.69 Å². The second-order valence-electron chi connectivity index (χ2n) is 3.11. The number of hydrogen-bond donors (Lipinski definition) is 1. The zero-order chi connectivity index (χ0) is 10.1. The van der Waals surface area contributed by atoms with E-state index < -0.39 is 0 Å². The summed E-state index contributed by atoms with van der Waals surface area (Å²) < 4.78 is 1.68. The van der Waals surface area contributed by atoms with Crippen LogP contribution < -0.4 is 5.73 Å². The number of benzene rings is 1. The average Bonchev–Trinajstić information content (AvgIpc) is 2.47. The van der Waals surface area contributed by atoms with Crippen LogP contribution in [0.15, 0.2) is 30.3 Å². The molecule has 1 heterocycles. The third kappa shape index (κ3) is 3.04. The van der Waals surface area contributed by atoms with Crippen molar-refractivity contribution in [2.24, 2.45) is 0 Å². The van der Waals surface area contributed by atoms with Crippen molar-refractivity contribution in [3.63, 3.8) is 0 Å². The Kier molecular flexibility index (Phi) is 5.65. The predicted octanol–water partition coefficient (Wildman–Crippen LogP) is 3.26. The number of anilines is 1. The summed E-state index contributed by atoms with van der Waals surface area (Å²) in [7, 11) is 0. The number of nitrogens with two attached hydrogens (primary N) is 1. The normalized spacial score (nSPS) is 9.12. The van der Waals surface area contributed by atoms with Gasteiger partial charge in [0.2, 0.25) is 0 Å². The van der Waals surface area contributed by atoms with Crippen molar-refractivity contribution in [2.45, 2.75) is 6.92 Å². The van der Waals surface area contributed by atoms with Gasteiger partial charge in [-0.3, -0.25) is 0 Å². The molecule has 16 heavy (non-hydrogen) atoms. The lowest BCUT2D eigenvalue weighted by Crippen LogP contribution is -1.96. The van der Waals surface area contributed by atoms with E-state index in [9.17, 15) is 0 Å². The number of nitrogen functional groups attached to an aromatic ring is 1. The minimum Gasteiger partial charge on any atom is -0.399 e. The van der Waals surface area contributed by atoms with Crippen LogP contribution in [0.1, 0.15) is 5.69 Å². The van der Waals surface area contributed by atoms with Crippen LogP contribution in [0, 0.1) is 6.92 Å². The minimum absolute atomic E-state index is 0. The molecule has 6 heteroatoms. The first-order valence-corrected chi connectivity index (χ1v) is 4.63. The summed E-state index contributed by atoms with van der Waals surface area (Å²) in [6.07, 6.45) is 0. The molecule has 3 nitrogen and oxygen atoms in total. The van der Waals surface area contributed by atoms with E-state index in [0.717, 1.165) is 17.1 Å². The second-order valence-corrected chi connectivity index (χ2v) is 3.50. The molecule has 88 valence electrons. The maximum Gasteiger partial charge on any atom is 0.133 e. The van der Waals surface area contributed by atoms with Gasteiger partial charge in [0, 0.05) is 5.69 Å². The van der Waals surface area contributed by atoms with Gasteiger partial charge in [-0.2, -0.15) is 5.10 Å². The van der Waals surface area contributed by atoms with Gasteiger partial charge in [-0.1, -0.05) is 11.6 Å². The van der Waals surface area contributed by atoms with Crippen LogP contribution >= 0.6 is 36.4 Å². The van der Waals surface area contributed by atoms with Gasteiger partial charge in [-0.05, 0) is 37.3 Å². The summed E-state index contributed by atoms with van der Waals surface area (Å²) >= 11 is 5.99. The molecule has 0 bridgehead atoms. The molecule has 0 amide bonds. The van der Waals surface area contributed by atoms with Crippen LogP contribution in [0.25, 0.3) is 5.69 Å². The summed E-state index contributed by atoms with van der Waals surface area (Å²) in [5, 5.41) is 4.86. The Morgan fingerprint density at radius 1 is 1.19 bits per heavy atom. The van der Waals surface area contributed by atoms with E-state index in [-0.39, 0.29) is 24.8 Å². The van der Waals surface area contributed by atoms with Gasteiger partial charge in [0.25, 0.3) is 0 Å². The van der Waals surface area contributed by atoms with Crippen molar-refractivity contribution < 1.29 is 0 Å². The van der Waals surface area contributed by atoms with Crippen LogP contribution in [-0.4, -0.2) is 9.78 Å². The van der Waals surface area contributed by atoms with E-state index in [0.29, 0.717) is 5.15 Å². The molecule has 0 aliphatic rings. The Labute approximate surface area is 111 Å². The molecule has 0 radical (unpaired) electrons. The lowest BCUT2D eigenvalue weighted by Gasteiger charge is -2.02. The minimum atomic E-state index is 0. The summed E-state index contributed by atoms with van der Waals surface area (Å²) in [5.74, 6) is 0. The van der Waals surface area contributed by atoms with Crippen molar-refractivity contribution in [1.29, 1.82) is 0 Å². The number of hydrogen-bond acceptors (Lipinski definition) is 2. The van der Waals surface area contributed by atoms with Gasteiger partial charge < -0.3 is 5.73 Å². The predicted molar refractivity (Wildman–Crippen MR) is 72.2 cm³/mol. The molecule has 2 N–H and O–H groups in total. The van der Waals surface area contributed by atoms with Crippen LogP contribution in [0.2, 0.25) is 5.15 Å². The lowest BCUT2D eigenvalue weighted by molar-refractivity contribution is 0.863. The fourth-order valence-corrected chi connectivity index (χ4v) is 1.56. The van der Waals surface area contributed by atoms with Crippen LogP contribution in [-0.2, 0) is 0 Å². The second kappa shape index (κ2) is 5.99. The summed E-state index contributed by atoms with van der Waals surface area (Å²) in [5.41, 5.74) is 8.13. The van der Waals surface area contributed by atoms with Gasteiger partial charge in [0.15, 0.2) is 0 Å². The van der Waals surface area contributed by atoms with Gasteiger partial charge in [-0.15, -0.1) is 24.8 Å². The molecule has 0 unspecified atom stereocenters.